The molecule has 0 bridgehead atoms. The maximum atomic E-state index is 12.0. The number of hydrogen-bond donors (Lipinski definition) is 3. The van der Waals surface area contributed by atoms with Gasteiger partial charge in [-0.1, -0.05) is 0 Å². The summed E-state index contributed by atoms with van der Waals surface area (Å²) in [5.41, 5.74) is 5.38. The van der Waals surface area contributed by atoms with E-state index in [9.17, 15) is 13.2 Å². The minimum absolute atomic E-state index is 0.321. The maximum Gasteiger partial charge on any atom is 0.408 e. The van der Waals surface area contributed by atoms with E-state index in [-0.39, 0.29) is 5.96 Å². The molecule has 2 heterocycles. The second-order valence-electron chi connectivity index (χ2n) is 5.19. The number of rotatable bonds is 7. The lowest BCUT2D eigenvalue weighted by atomic mass is 10.2. The highest BCUT2D eigenvalue weighted by molar-refractivity contribution is 5.91. The van der Waals surface area contributed by atoms with Gasteiger partial charge in [0, 0.05) is 25.2 Å². The second kappa shape index (κ2) is 7.79. The molecule has 0 fully saturated rings. The third-order valence-corrected chi connectivity index (χ3v) is 3.02. The molecule has 0 aromatic carbocycles. The second-order valence-corrected chi connectivity index (χ2v) is 5.19. The third kappa shape index (κ3) is 6.26. The molecule has 2 aromatic rings. The minimum atomic E-state index is -4.38. The Balaban J connectivity index is 1.72. The summed E-state index contributed by atoms with van der Waals surface area (Å²) in [6.07, 6.45) is -0.0824. The Morgan fingerprint density at radius 2 is 2.21 bits per heavy atom. The van der Waals surface area contributed by atoms with Crippen molar-refractivity contribution in [3.05, 3.63) is 23.9 Å². The Kier molecular flexibility index (Phi) is 5.77. The zero-order valence-corrected chi connectivity index (χ0v) is 13.1. The van der Waals surface area contributed by atoms with Crippen LogP contribution < -0.4 is 11.1 Å². The molecule has 0 unspecified atom stereocenters. The van der Waals surface area contributed by atoms with E-state index in [4.69, 9.17) is 5.73 Å². The molecular formula is C13H19F3N8. The van der Waals surface area contributed by atoms with E-state index in [1.165, 1.54) is 0 Å². The van der Waals surface area contributed by atoms with E-state index in [1.807, 2.05) is 6.92 Å². The van der Waals surface area contributed by atoms with Crippen LogP contribution in [0.4, 0.5) is 19.0 Å². The van der Waals surface area contributed by atoms with Crippen LogP contribution in [0.5, 0.6) is 0 Å². The molecule has 2 aromatic heterocycles. The minimum Gasteiger partial charge on any atom is -0.370 e. The number of hydrogen-bond acceptors (Lipinski definition) is 4. The van der Waals surface area contributed by atoms with Gasteiger partial charge in [-0.3, -0.25) is 9.78 Å². The first kappa shape index (κ1) is 17.8. The van der Waals surface area contributed by atoms with Crippen molar-refractivity contribution in [1.29, 1.82) is 0 Å². The van der Waals surface area contributed by atoms with Crippen LogP contribution in [0.3, 0.4) is 0 Å². The van der Waals surface area contributed by atoms with Crippen molar-refractivity contribution in [2.24, 2.45) is 10.7 Å². The number of nitrogens with two attached hydrogens (primary N) is 1. The number of unbranched alkanes of at least 4 members (excludes halogenated alkanes) is 1. The summed E-state index contributed by atoms with van der Waals surface area (Å²) in [4.78, 5) is 7.42. The van der Waals surface area contributed by atoms with Gasteiger partial charge in [0.25, 0.3) is 0 Å². The van der Waals surface area contributed by atoms with Crippen LogP contribution in [0.25, 0.3) is 0 Å². The number of H-pyrrole nitrogens is 1. The van der Waals surface area contributed by atoms with Crippen molar-refractivity contribution in [3.63, 3.8) is 0 Å². The molecule has 0 aliphatic heterocycles. The number of aryl methyl sites for hydroxylation is 3. The number of aromatic amines is 1. The monoisotopic (exact) mass is 344 g/mol. The molecule has 11 heteroatoms. The third-order valence-electron chi connectivity index (χ3n) is 3.02. The number of alkyl halides is 3. The number of aliphatic imine (C=N–C) groups is 1. The lowest BCUT2D eigenvalue weighted by molar-refractivity contribution is -0.118. The highest BCUT2D eigenvalue weighted by atomic mass is 19.4. The van der Waals surface area contributed by atoms with Gasteiger partial charge in [0.05, 0.1) is 0 Å². The van der Waals surface area contributed by atoms with E-state index in [0.29, 0.717) is 12.4 Å². The first-order valence-corrected chi connectivity index (χ1v) is 7.37. The van der Waals surface area contributed by atoms with Crippen LogP contribution in [-0.4, -0.2) is 43.6 Å². The molecule has 24 heavy (non-hydrogen) atoms. The number of guanidine groups is 1. The van der Waals surface area contributed by atoms with Crippen molar-refractivity contribution < 1.29 is 13.2 Å². The van der Waals surface area contributed by atoms with E-state index < -0.39 is 12.7 Å². The van der Waals surface area contributed by atoms with Crippen LogP contribution in [0.2, 0.25) is 0 Å². The lowest BCUT2D eigenvalue weighted by Gasteiger charge is -2.05. The largest absolute Gasteiger partial charge is 0.408 e. The van der Waals surface area contributed by atoms with E-state index in [1.54, 1.807) is 16.9 Å². The molecule has 0 radical (unpaired) electrons. The fourth-order valence-corrected chi connectivity index (χ4v) is 1.97. The topological polar surface area (TPSA) is 110 Å². The molecule has 0 saturated carbocycles. The number of nitrogens with zero attached hydrogens (tertiary/aromatic N) is 5. The molecular weight excluding hydrogens is 325 g/mol. The predicted molar refractivity (Wildman–Crippen MR) is 82.5 cm³/mol. The van der Waals surface area contributed by atoms with Gasteiger partial charge < -0.3 is 11.1 Å². The van der Waals surface area contributed by atoms with Gasteiger partial charge in [0.15, 0.2) is 11.8 Å². The number of halogens is 3. The van der Waals surface area contributed by atoms with Crippen molar-refractivity contribution in [2.75, 3.05) is 11.9 Å². The Labute approximate surface area is 136 Å². The van der Waals surface area contributed by atoms with Gasteiger partial charge in [-0.05, 0) is 19.8 Å². The molecule has 8 nitrogen and oxygen atoms in total. The van der Waals surface area contributed by atoms with Crippen LogP contribution in [0, 0.1) is 6.92 Å². The first-order valence-electron chi connectivity index (χ1n) is 7.37. The zero-order chi connectivity index (χ0) is 17.6. The molecule has 0 spiro atoms. The molecule has 2 rings (SSSR count). The first-order chi connectivity index (χ1) is 11.3. The molecule has 0 atom stereocenters. The van der Waals surface area contributed by atoms with E-state index >= 15 is 0 Å². The highest BCUT2D eigenvalue weighted by Crippen LogP contribution is 2.14. The Hall–Kier alpha value is -2.59. The maximum absolute atomic E-state index is 12.0. The number of aromatic nitrogens is 5. The van der Waals surface area contributed by atoms with Gasteiger partial charge >= 0.3 is 6.18 Å². The summed E-state index contributed by atoms with van der Waals surface area (Å²) in [5, 5.41) is 13.5. The van der Waals surface area contributed by atoms with Crippen molar-refractivity contribution in [2.45, 2.75) is 38.9 Å². The zero-order valence-electron chi connectivity index (χ0n) is 13.1. The van der Waals surface area contributed by atoms with Gasteiger partial charge in [-0.2, -0.15) is 23.4 Å². The fraction of sp³-hybridized carbons (Fsp3) is 0.538. The SMILES string of the molecule is Cc1n[nH]c(CCCCn2ccc(N/C(N)=N\CC(F)(F)F)n2)n1. The van der Waals surface area contributed by atoms with Crippen molar-refractivity contribution in [1.82, 2.24) is 25.0 Å². The van der Waals surface area contributed by atoms with Gasteiger partial charge in [0.1, 0.15) is 18.2 Å². The smallest absolute Gasteiger partial charge is 0.370 e. The Morgan fingerprint density at radius 1 is 1.42 bits per heavy atom. The summed E-state index contributed by atoms with van der Waals surface area (Å²) in [6, 6.07) is 1.62. The number of anilines is 1. The molecule has 0 aliphatic carbocycles. The molecule has 4 N–H and O–H groups in total. The van der Waals surface area contributed by atoms with Crippen molar-refractivity contribution >= 4 is 11.8 Å². The normalized spacial score (nSPS) is 12.6. The average Bonchev–Trinajstić information content (AvgIpc) is 3.10. The molecule has 0 aliphatic rings. The van der Waals surface area contributed by atoms with Crippen LogP contribution in [0.1, 0.15) is 24.5 Å². The van der Waals surface area contributed by atoms with Gasteiger partial charge in [0.2, 0.25) is 0 Å². The highest BCUT2D eigenvalue weighted by Gasteiger charge is 2.26. The Morgan fingerprint density at radius 3 is 2.88 bits per heavy atom. The van der Waals surface area contributed by atoms with Gasteiger partial charge in [-0.25, -0.2) is 9.98 Å². The average molecular weight is 344 g/mol. The predicted octanol–water partition coefficient (Wildman–Crippen LogP) is 1.62. The van der Waals surface area contributed by atoms with Crippen LogP contribution in [0.15, 0.2) is 17.3 Å². The lowest BCUT2D eigenvalue weighted by Crippen LogP contribution is -2.25. The van der Waals surface area contributed by atoms with Crippen LogP contribution in [-0.2, 0) is 13.0 Å². The standard InChI is InChI=1S/C13H19F3N8/c1-9-19-10(22-21-9)4-2-3-6-24-7-5-11(23-24)20-12(17)18-8-13(14,15)16/h5,7H,2-4,6,8H2,1H3,(H,19,21,22)(H3,17,18,20,23). The number of nitrogens with one attached hydrogen (secondary N) is 2. The summed E-state index contributed by atoms with van der Waals surface area (Å²) >= 11 is 0. The molecule has 0 amide bonds. The Bertz CT molecular complexity index is 673. The molecule has 132 valence electrons. The van der Waals surface area contributed by atoms with Crippen molar-refractivity contribution in [3.8, 4) is 0 Å². The van der Waals surface area contributed by atoms with E-state index in [0.717, 1.165) is 30.9 Å². The summed E-state index contributed by atoms with van der Waals surface area (Å²) in [5.74, 6) is 1.60. The summed E-state index contributed by atoms with van der Waals surface area (Å²) < 4.78 is 37.8. The molecule has 0 saturated heterocycles. The van der Waals surface area contributed by atoms with Gasteiger partial charge in [-0.15, -0.1) is 0 Å². The summed E-state index contributed by atoms with van der Waals surface area (Å²) in [6.45, 7) is 1.17. The van der Waals surface area contributed by atoms with E-state index in [2.05, 4.69) is 30.6 Å². The van der Waals surface area contributed by atoms with Crippen LogP contribution >= 0.6 is 0 Å². The summed E-state index contributed by atoms with van der Waals surface area (Å²) in [7, 11) is 0. The fourth-order valence-electron chi connectivity index (χ4n) is 1.97. The quantitative estimate of drug-likeness (QED) is 0.402.